The van der Waals surface area contributed by atoms with E-state index in [0.717, 1.165) is 23.4 Å². The van der Waals surface area contributed by atoms with Crippen LogP contribution >= 0.6 is 0 Å². The van der Waals surface area contributed by atoms with Crippen molar-refractivity contribution < 1.29 is 19.2 Å². The number of nitrogens with one attached hydrogen (secondary N) is 2. The van der Waals surface area contributed by atoms with Gasteiger partial charge >= 0.3 is 6.03 Å². The van der Waals surface area contributed by atoms with Gasteiger partial charge in [-0.2, -0.15) is 0 Å². The van der Waals surface area contributed by atoms with Crippen LogP contribution in [0, 0.1) is 0 Å². The summed E-state index contributed by atoms with van der Waals surface area (Å²) < 4.78 is 11.4. The predicted octanol–water partition coefficient (Wildman–Crippen LogP) is 2.11. The monoisotopic (exact) mass is 359 g/mol. The highest BCUT2D eigenvalue weighted by Gasteiger charge is 2.30. The Morgan fingerprint density at radius 1 is 1.27 bits per heavy atom. The average molecular weight is 359 g/mol. The van der Waals surface area contributed by atoms with Crippen LogP contribution in [0.1, 0.15) is 25.5 Å². The normalized spacial score (nSPS) is 22.8. The first kappa shape index (κ1) is 18.4. The number of nitrogens with zero attached hydrogens (tertiary/aromatic N) is 1. The Kier molecular flexibility index (Phi) is 6.25. The number of benzene rings is 1. The van der Waals surface area contributed by atoms with E-state index in [9.17, 15) is 9.90 Å². The quantitative estimate of drug-likeness (QED) is 0.734. The third-order valence-corrected chi connectivity index (χ3v) is 4.44. The number of hydrogen-bond donors (Lipinski definition) is 3. The molecule has 1 aromatic carbocycles. The zero-order chi connectivity index (χ0) is 18.4. The summed E-state index contributed by atoms with van der Waals surface area (Å²) in [6, 6.07) is 11.5. The van der Waals surface area contributed by atoms with Crippen LogP contribution in [-0.4, -0.2) is 47.7 Å². The Hall–Kier alpha value is -2.38. The van der Waals surface area contributed by atoms with Crippen LogP contribution in [0.4, 0.5) is 4.79 Å². The van der Waals surface area contributed by atoms with Gasteiger partial charge in [0.15, 0.2) is 5.76 Å². The molecule has 1 saturated heterocycles. The molecule has 3 N–H and O–H groups in total. The van der Waals surface area contributed by atoms with Gasteiger partial charge in [-0.25, -0.2) is 4.79 Å². The summed E-state index contributed by atoms with van der Waals surface area (Å²) in [5.41, 5.74) is 1.80. The van der Waals surface area contributed by atoms with Gasteiger partial charge in [-0.3, -0.25) is 0 Å². The minimum Gasteiger partial charge on any atom is -0.390 e. The Labute approximate surface area is 152 Å². The van der Waals surface area contributed by atoms with Gasteiger partial charge in [0.25, 0.3) is 0 Å². The van der Waals surface area contributed by atoms with Gasteiger partial charge in [-0.15, -0.1) is 0 Å². The lowest BCUT2D eigenvalue weighted by atomic mass is 9.98. The molecule has 1 fully saturated rings. The molecule has 140 valence electrons. The zero-order valence-electron chi connectivity index (χ0n) is 14.9. The predicted molar refractivity (Wildman–Crippen MR) is 96.6 cm³/mol. The SMILES string of the molecule is CCNC(=O)NCC1OC(Cc2cc(-c3ccccc3)on2)CCC1O. The van der Waals surface area contributed by atoms with E-state index in [-0.39, 0.29) is 18.7 Å². The second-order valence-corrected chi connectivity index (χ2v) is 6.43. The fourth-order valence-electron chi connectivity index (χ4n) is 3.08. The third-order valence-electron chi connectivity index (χ3n) is 4.44. The van der Waals surface area contributed by atoms with Gasteiger partial charge in [0, 0.05) is 31.1 Å². The van der Waals surface area contributed by atoms with Gasteiger partial charge < -0.3 is 25.0 Å². The molecule has 3 atom stereocenters. The maximum Gasteiger partial charge on any atom is 0.314 e. The van der Waals surface area contributed by atoms with E-state index >= 15 is 0 Å². The molecule has 26 heavy (non-hydrogen) atoms. The molecule has 0 radical (unpaired) electrons. The number of carbonyl (C=O) groups is 1. The second kappa shape index (κ2) is 8.82. The first-order valence-corrected chi connectivity index (χ1v) is 9.02. The van der Waals surface area contributed by atoms with Crippen molar-refractivity contribution in [3.8, 4) is 11.3 Å². The number of aromatic nitrogens is 1. The van der Waals surface area contributed by atoms with Crippen LogP contribution in [-0.2, 0) is 11.2 Å². The van der Waals surface area contributed by atoms with Crippen LogP contribution in [0.2, 0.25) is 0 Å². The van der Waals surface area contributed by atoms with E-state index in [1.807, 2.05) is 43.3 Å². The molecule has 7 heteroatoms. The van der Waals surface area contributed by atoms with Gasteiger partial charge in [0.05, 0.1) is 17.9 Å². The molecule has 1 aromatic heterocycles. The Balaban J connectivity index is 1.55. The molecule has 0 aliphatic carbocycles. The third kappa shape index (κ3) is 4.83. The summed E-state index contributed by atoms with van der Waals surface area (Å²) in [7, 11) is 0. The molecule has 1 aliphatic heterocycles. The topological polar surface area (TPSA) is 96.6 Å². The van der Waals surface area contributed by atoms with Crippen molar-refractivity contribution in [2.45, 2.75) is 44.5 Å². The lowest BCUT2D eigenvalue weighted by Gasteiger charge is -2.33. The van der Waals surface area contributed by atoms with E-state index in [4.69, 9.17) is 9.26 Å². The van der Waals surface area contributed by atoms with E-state index in [2.05, 4.69) is 15.8 Å². The van der Waals surface area contributed by atoms with Gasteiger partial charge in [0.1, 0.15) is 6.10 Å². The summed E-state index contributed by atoms with van der Waals surface area (Å²) in [4.78, 5) is 11.5. The summed E-state index contributed by atoms with van der Waals surface area (Å²) in [6.07, 6.45) is 0.929. The number of aliphatic hydroxyl groups is 1. The van der Waals surface area contributed by atoms with Gasteiger partial charge in [0.2, 0.25) is 0 Å². The molecule has 2 amide bonds. The summed E-state index contributed by atoms with van der Waals surface area (Å²) >= 11 is 0. The summed E-state index contributed by atoms with van der Waals surface area (Å²) in [6.45, 7) is 2.68. The van der Waals surface area contributed by atoms with E-state index < -0.39 is 12.2 Å². The van der Waals surface area contributed by atoms with Crippen LogP contribution in [0.5, 0.6) is 0 Å². The fraction of sp³-hybridized carbons (Fsp3) is 0.474. The Morgan fingerprint density at radius 2 is 2.08 bits per heavy atom. The molecule has 0 spiro atoms. The summed E-state index contributed by atoms with van der Waals surface area (Å²) in [5.74, 6) is 0.728. The average Bonchev–Trinajstić information content (AvgIpc) is 3.12. The number of hydrogen-bond acceptors (Lipinski definition) is 5. The lowest BCUT2D eigenvalue weighted by molar-refractivity contribution is -0.113. The van der Waals surface area contributed by atoms with Crippen LogP contribution in [0.15, 0.2) is 40.9 Å². The molecular formula is C19H25N3O4. The van der Waals surface area contributed by atoms with E-state index in [1.54, 1.807) is 0 Å². The highest BCUT2D eigenvalue weighted by atomic mass is 16.5. The minimum atomic E-state index is -0.578. The highest BCUT2D eigenvalue weighted by Crippen LogP contribution is 2.25. The molecular weight excluding hydrogens is 334 g/mol. The second-order valence-electron chi connectivity index (χ2n) is 6.43. The van der Waals surface area contributed by atoms with Crippen molar-refractivity contribution in [1.29, 1.82) is 0 Å². The fourth-order valence-corrected chi connectivity index (χ4v) is 3.08. The van der Waals surface area contributed by atoms with Crippen molar-refractivity contribution in [1.82, 2.24) is 15.8 Å². The smallest absolute Gasteiger partial charge is 0.314 e. The number of aliphatic hydroxyl groups excluding tert-OH is 1. The lowest BCUT2D eigenvalue weighted by Crippen LogP contribution is -2.48. The Bertz CT molecular complexity index is 704. The van der Waals surface area contributed by atoms with Crippen molar-refractivity contribution in [3.05, 3.63) is 42.1 Å². The number of rotatable bonds is 6. The molecule has 2 heterocycles. The van der Waals surface area contributed by atoms with Crippen molar-refractivity contribution in [3.63, 3.8) is 0 Å². The molecule has 7 nitrogen and oxygen atoms in total. The van der Waals surface area contributed by atoms with Crippen molar-refractivity contribution in [2.75, 3.05) is 13.1 Å². The van der Waals surface area contributed by atoms with Crippen LogP contribution in [0.25, 0.3) is 11.3 Å². The van der Waals surface area contributed by atoms with Crippen molar-refractivity contribution in [2.24, 2.45) is 0 Å². The molecule has 0 saturated carbocycles. The number of ether oxygens (including phenoxy) is 1. The molecule has 2 aromatic rings. The zero-order valence-corrected chi connectivity index (χ0v) is 14.9. The first-order valence-electron chi connectivity index (χ1n) is 9.02. The molecule has 3 unspecified atom stereocenters. The minimum absolute atomic E-state index is 0.0619. The molecule has 3 rings (SSSR count). The number of urea groups is 1. The van der Waals surface area contributed by atoms with Crippen LogP contribution < -0.4 is 10.6 Å². The maximum absolute atomic E-state index is 11.5. The maximum atomic E-state index is 11.5. The van der Waals surface area contributed by atoms with Crippen molar-refractivity contribution >= 4 is 6.03 Å². The van der Waals surface area contributed by atoms with E-state index in [0.29, 0.717) is 19.4 Å². The standard InChI is InChI=1S/C19H25N3O4/c1-2-20-19(24)21-12-18-16(23)9-8-15(25-18)10-14-11-17(26-22-14)13-6-4-3-5-7-13/h3-7,11,15-16,18,23H,2,8-10,12H2,1H3,(H2,20,21,24). The molecule has 0 bridgehead atoms. The largest absolute Gasteiger partial charge is 0.390 e. The van der Waals surface area contributed by atoms with Gasteiger partial charge in [-0.05, 0) is 19.8 Å². The van der Waals surface area contributed by atoms with Gasteiger partial charge in [-0.1, -0.05) is 35.5 Å². The number of carbonyl (C=O) groups excluding carboxylic acids is 1. The molecule has 1 aliphatic rings. The van der Waals surface area contributed by atoms with E-state index in [1.165, 1.54) is 0 Å². The summed E-state index contributed by atoms with van der Waals surface area (Å²) in [5, 5.41) is 19.6. The number of amides is 2. The Morgan fingerprint density at radius 3 is 2.85 bits per heavy atom. The highest BCUT2D eigenvalue weighted by molar-refractivity contribution is 5.73. The first-order chi connectivity index (χ1) is 12.7. The van der Waals surface area contributed by atoms with Crippen LogP contribution in [0.3, 0.4) is 0 Å².